The van der Waals surface area contributed by atoms with Gasteiger partial charge in [-0.3, -0.25) is 0 Å². The third-order valence-corrected chi connectivity index (χ3v) is 0. The van der Waals surface area contributed by atoms with E-state index >= 15 is 0 Å². The van der Waals surface area contributed by atoms with E-state index in [-0.39, 0.29) is 0 Å². The van der Waals surface area contributed by atoms with Crippen molar-refractivity contribution in [1.82, 2.24) is 4.90 Å². The van der Waals surface area contributed by atoms with Crippen LogP contribution in [0.2, 0.25) is 0 Å². The van der Waals surface area contributed by atoms with Gasteiger partial charge in [0.15, 0.2) is 0 Å². The summed E-state index contributed by atoms with van der Waals surface area (Å²) >= 11 is 4.14. The standard InChI is InChI=1S/C3H9N.BCl/c1-4(2)3;1-2/h1-3H3;. The van der Waals surface area contributed by atoms with Crippen LogP contribution in [-0.4, -0.2) is 33.3 Å². The quantitative estimate of drug-likeness (QED) is 0.405. The molecule has 6 heavy (non-hydrogen) atoms. The van der Waals surface area contributed by atoms with Crippen LogP contribution in [-0.2, 0) is 0 Å². The fourth-order valence-electron chi connectivity index (χ4n) is 0. The first-order chi connectivity index (χ1) is 2.73. The Kier molecular flexibility index (Phi) is 14.4. The zero-order valence-electron chi connectivity index (χ0n) is 4.40. The lowest BCUT2D eigenvalue weighted by Gasteiger charge is -1.90. The molecule has 0 bridgehead atoms. The van der Waals surface area contributed by atoms with Gasteiger partial charge in [0, 0.05) is 0 Å². The van der Waals surface area contributed by atoms with Gasteiger partial charge in [-0.15, -0.1) is 0 Å². The van der Waals surface area contributed by atoms with Gasteiger partial charge in [-0.1, -0.05) is 0 Å². The average molecular weight is 105 g/mol. The second-order valence-corrected chi connectivity index (χ2v) is 1.34. The van der Waals surface area contributed by atoms with Crippen molar-refractivity contribution in [2.24, 2.45) is 0 Å². The second kappa shape index (κ2) is 9.01. The van der Waals surface area contributed by atoms with E-state index in [2.05, 4.69) is 18.7 Å². The smallest absolute Gasteiger partial charge is 0.214 e. The molecule has 0 spiro atoms. The molecule has 0 N–H and O–H groups in total. The molecule has 0 aliphatic carbocycles. The highest BCUT2D eigenvalue weighted by Crippen LogP contribution is 1.47. The molecule has 1 nitrogen and oxygen atoms in total. The second-order valence-electron chi connectivity index (χ2n) is 1.34. The van der Waals surface area contributed by atoms with Crippen molar-refractivity contribution >= 4 is 18.7 Å². The van der Waals surface area contributed by atoms with Gasteiger partial charge in [-0.25, -0.2) is 11.5 Å². The molecule has 0 aliphatic rings. The van der Waals surface area contributed by atoms with E-state index < -0.39 is 0 Å². The zero-order chi connectivity index (χ0) is 5.58. The Hall–Kier alpha value is 0.315. The first-order valence-corrected chi connectivity index (χ1v) is 2.00. The SMILES string of the molecule is CN(C)C.[B]Cl. The Morgan fingerprint density at radius 3 is 1.17 bits per heavy atom. The summed E-state index contributed by atoms with van der Waals surface area (Å²) in [7, 11) is 9.97. The molecule has 0 aromatic carbocycles. The lowest BCUT2D eigenvalue weighted by atomic mass is 10.8. The first-order valence-electron chi connectivity index (χ1n) is 1.56. The highest BCUT2D eigenvalue weighted by Gasteiger charge is 1.58. The minimum absolute atomic E-state index is 2.00. The topological polar surface area (TPSA) is 3.24 Å². The largest absolute Gasteiger partial charge is 0.312 e. The van der Waals surface area contributed by atoms with Gasteiger partial charge < -0.3 is 4.90 Å². The summed E-state index contributed by atoms with van der Waals surface area (Å²) in [5.41, 5.74) is 0. The van der Waals surface area contributed by atoms with Gasteiger partial charge in [-0.2, -0.15) is 0 Å². The van der Waals surface area contributed by atoms with Crippen molar-refractivity contribution in [3.8, 4) is 0 Å². The average Bonchev–Trinajstić information content (AvgIpc) is 1.41. The van der Waals surface area contributed by atoms with Gasteiger partial charge in [0.05, 0.1) is 0 Å². The van der Waals surface area contributed by atoms with Gasteiger partial charge in [0.25, 0.3) is 0 Å². The Morgan fingerprint density at radius 2 is 1.17 bits per heavy atom. The minimum Gasteiger partial charge on any atom is -0.312 e. The van der Waals surface area contributed by atoms with E-state index in [9.17, 15) is 0 Å². The lowest BCUT2D eigenvalue weighted by molar-refractivity contribution is 0.505. The fraction of sp³-hybridized carbons (Fsp3) is 1.00. The highest BCUT2D eigenvalue weighted by molar-refractivity contribution is 6.80. The van der Waals surface area contributed by atoms with Crippen LogP contribution in [0, 0.1) is 0 Å². The third-order valence-electron chi connectivity index (χ3n) is 0. The number of rotatable bonds is 0. The molecule has 0 unspecified atom stereocenters. The van der Waals surface area contributed by atoms with Crippen LogP contribution in [0.25, 0.3) is 0 Å². The van der Waals surface area contributed by atoms with Crippen molar-refractivity contribution in [2.45, 2.75) is 0 Å². The van der Waals surface area contributed by atoms with Crippen LogP contribution < -0.4 is 0 Å². The summed E-state index contributed by atoms with van der Waals surface area (Å²) in [4.78, 5) is 2.00. The number of nitrogens with zero attached hydrogens (tertiary/aromatic N) is 1. The number of hydrogen-bond acceptors (Lipinski definition) is 1. The van der Waals surface area contributed by atoms with Crippen LogP contribution >= 0.6 is 11.5 Å². The van der Waals surface area contributed by atoms with Gasteiger partial charge >= 0.3 is 0 Å². The monoisotopic (exact) mass is 105 g/mol. The molecule has 2 radical (unpaired) electrons. The predicted molar refractivity (Wildman–Crippen MR) is 31.2 cm³/mol. The Morgan fingerprint density at radius 1 is 1.17 bits per heavy atom. The Bertz CT molecular complexity index is 15.5. The minimum atomic E-state index is 2.00. The third kappa shape index (κ3) is 478. The van der Waals surface area contributed by atoms with Crippen molar-refractivity contribution in [3.63, 3.8) is 0 Å². The summed E-state index contributed by atoms with van der Waals surface area (Å²) in [5.74, 6) is 0. The molecule has 0 saturated heterocycles. The first kappa shape index (κ1) is 9.58. The van der Waals surface area contributed by atoms with Crippen molar-refractivity contribution in [2.75, 3.05) is 21.1 Å². The lowest BCUT2D eigenvalue weighted by Crippen LogP contribution is -1.99. The molecule has 0 heterocycles. The van der Waals surface area contributed by atoms with E-state index in [1.807, 2.05) is 26.0 Å². The molecule has 0 saturated carbocycles. The molecule has 0 rings (SSSR count). The van der Waals surface area contributed by atoms with Crippen molar-refractivity contribution < 1.29 is 0 Å². The molecule has 0 atom stereocenters. The number of hydrogen-bond donors (Lipinski definition) is 0. The summed E-state index contributed by atoms with van der Waals surface area (Å²) in [6, 6.07) is 0. The van der Waals surface area contributed by atoms with Crippen LogP contribution in [0.4, 0.5) is 0 Å². The predicted octanol–water partition coefficient (Wildman–Crippen LogP) is 0.486. The fourth-order valence-corrected chi connectivity index (χ4v) is 0. The molecule has 0 fully saturated rings. The van der Waals surface area contributed by atoms with E-state index in [1.54, 1.807) is 0 Å². The van der Waals surface area contributed by atoms with Gasteiger partial charge in [0.1, 0.15) is 0 Å². The van der Waals surface area contributed by atoms with Crippen molar-refractivity contribution in [1.29, 1.82) is 0 Å². The summed E-state index contributed by atoms with van der Waals surface area (Å²) in [6.45, 7) is 0. The van der Waals surface area contributed by atoms with E-state index in [0.29, 0.717) is 0 Å². The van der Waals surface area contributed by atoms with Crippen molar-refractivity contribution in [3.05, 3.63) is 0 Å². The van der Waals surface area contributed by atoms with Crippen LogP contribution in [0.3, 0.4) is 0 Å². The summed E-state index contributed by atoms with van der Waals surface area (Å²) in [6.07, 6.45) is 0. The van der Waals surface area contributed by atoms with Crippen LogP contribution in [0.1, 0.15) is 0 Å². The highest BCUT2D eigenvalue weighted by atomic mass is 35.5. The Labute approximate surface area is 45.6 Å². The number of halogens is 1. The maximum atomic E-state index is 4.14. The maximum absolute atomic E-state index is 4.14. The van der Waals surface area contributed by atoms with E-state index in [1.165, 1.54) is 0 Å². The van der Waals surface area contributed by atoms with Crippen LogP contribution in [0.5, 0.6) is 0 Å². The molecular formula is C3H9BClN. The molecule has 0 aromatic heterocycles. The normalized spacial score (nSPS) is 6.83. The molecule has 0 amide bonds. The van der Waals surface area contributed by atoms with E-state index in [4.69, 9.17) is 0 Å². The van der Waals surface area contributed by atoms with E-state index in [0.717, 1.165) is 0 Å². The molecular weight excluding hydrogens is 96.3 g/mol. The molecule has 0 aliphatic heterocycles. The van der Waals surface area contributed by atoms with Gasteiger partial charge in [0.2, 0.25) is 7.26 Å². The molecule has 36 valence electrons. The summed E-state index contributed by atoms with van der Waals surface area (Å²) in [5, 5.41) is 0. The maximum Gasteiger partial charge on any atom is 0.214 e. The molecule has 3 heteroatoms. The summed E-state index contributed by atoms with van der Waals surface area (Å²) < 4.78 is 0. The molecule has 0 aromatic rings. The zero-order valence-corrected chi connectivity index (χ0v) is 5.16. The van der Waals surface area contributed by atoms with Gasteiger partial charge in [-0.05, 0) is 21.1 Å². The van der Waals surface area contributed by atoms with Crippen LogP contribution in [0.15, 0.2) is 0 Å². The Balaban J connectivity index is 0.